The van der Waals surface area contributed by atoms with Gasteiger partial charge >= 0.3 is 0 Å². The number of carbonyl (C=O) groups excluding carboxylic acids is 1. The topological polar surface area (TPSA) is 49.3 Å². The Morgan fingerprint density at radius 1 is 1.62 bits per heavy atom. The number of aldehydes is 1. The van der Waals surface area contributed by atoms with E-state index in [1.165, 1.54) is 0 Å². The van der Waals surface area contributed by atoms with Gasteiger partial charge < -0.3 is 9.90 Å². The van der Waals surface area contributed by atoms with Crippen molar-refractivity contribution in [1.29, 1.82) is 0 Å². The van der Waals surface area contributed by atoms with E-state index in [0.29, 0.717) is 6.42 Å². The lowest BCUT2D eigenvalue weighted by molar-refractivity contribution is -0.109. The molecule has 0 aromatic heterocycles. The van der Waals surface area contributed by atoms with E-state index >= 15 is 0 Å². The molecule has 1 unspecified atom stereocenters. The third-order valence-electron chi connectivity index (χ3n) is 1.32. The summed E-state index contributed by atoms with van der Waals surface area (Å²) in [5, 5.41) is 11.5. The van der Waals surface area contributed by atoms with Crippen LogP contribution in [0.15, 0.2) is 0 Å². The summed E-state index contributed by atoms with van der Waals surface area (Å²) in [6.07, 6.45) is 1.84. The number of carbonyl (C=O) groups is 1. The molecule has 2 atom stereocenters. The minimum Gasteiger partial charge on any atom is -0.379 e. The lowest BCUT2D eigenvalue weighted by Gasteiger charge is -2.00. The minimum atomic E-state index is -0.454. The van der Waals surface area contributed by atoms with Gasteiger partial charge in [-0.05, 0) is 12.8 Å². The van der Waals surface area contributed by atoms with Gasteiger partial charge in [-0.3, -0.25) is 5.32 Å². The average Bonchev–Trinajstić information content (AvgIpc) is 2.14. The summed E-state index contributed by atoms with van der Waals surface area (Å²) in [7, 11) is 0. The van der Waals surface area contributed by atoms with Crippen LogP contribution in [-0.4, -0.2) is 23.7 Å². The van der Waals surface area contributed by atoms with Gasteiger partial charge in [-0.25, -0.2) is 0 Å². The zero-order valence-corrected chi connectivity index (χ0v) is 4.50. The second-order valence-corrected chi connectivity index (χ2v) is 2.00. The zero-order chi connectivity index (χ0) is 5.98. The van der Waals surface area contributed by atoms with Crippen LogP contribution in [-0.2, 0) is 4.79 Å². The Bertz CT molecular complexity index is 94.4. The highest BCUT2D eigenvalue weighted by Crippen LogP contribution is 2.06. The Morgan fingerprint density at radius 2 is 2.38 bits per heavy atom. The van der Waals surface area contributed by atoms with Crippen molar-refractivity contribution in [3.63, 3.8) is 0 Å². The smallest absolute Gasteiger partial charge is 0.136 e. The van der Waals surface area contributed by atoms with E-state index in [9.17, 15) is 4.79 Å². The van der Waals surface area contributed by atoms with E-state index in [4.69, 9.17) is 5.11 Å². The van der Waals surface area contributed by atoms with Crippen LogP contribution in [0.4, 0.5) is 0 Å². The first-order chi connectivity index (χ1) is 3.83. The fourth-order valence-electron chi connectivity index (χ4n) is 0.859. The molecular weight excluding hydrogens is 106 g/mol. The third kappa shape index (κ3) is 1.05. The molecule has 8 heavy (non-hydrogen) atoms. The summed E-state index contributed by atoms with van der Waals surface area (Å²) in [6, 6.07) is -0.106. The maximum atomic E-state index is 9.98. The molecule has 0 amide bonds. The largest absolute Gasteiger partial charge is 0.379 e. The van der Waals surface area contributed by atoms with Gasteiger partial charge in [0.15, 0.2) is 0 Å². The van der Waals surface area contributed by atoms with E-state index < -0.39 is 6.23 Å². The van der Waals surface area contributed by atoms with Crippen LogP contribution in [0.2, 0.25) is 0 Å². The summed E-state index contributed by atoms with van der Waals surface area (Å²) in [4.78, 5) is 9.98. The molecule has 0 aliphatic carbocycles. The Balaban J connectivity index is 2.32. The SMILES string of the molecule is O=C[C@H]1CCC(O)N1. The monoisotopic (exact) mass is 115 g/mol. The summed E-state index contributed by atoms with van der Waals surface area (Å²) < 4.78 is 0. The normalized spacial score (nSPS) is 37.6. The fourth-order valence-corrected chi connectivity index (χ4v) is 0.859. The zero-order valence-electron chi connectivity index (χ0n) is 4.50. The van der Waals surface area contributed by atoms with Gasteiger partial charge in [0.05, 0.1) is 6.04 Å². The molecule has 1 rings (SSSR count). The molecule has 2 N–H and O–H groups in total. The van der Waals surface area contributed by atoms with Crippen molar-refractivity contribution >= 4 is 6.29 Å². The second kappa shape index (κ2) is 2.24. The highest BCUT2D eigenvalue weighted by Gasteiger charge is 2.19. The predicted octanol–water partition coefficient (Wildman–Crippen LogP) is -0.744. The molecule has 3 heteroatoms. The Kier molecular flexibility index (Phi) is 1.60. The highest BCUT2D eigenvalue weighted by molar-refractivity contribution is 5.57. The summed E-state index contributed by atoms with van der Waals surface area (Å²) >= 11 is 0. The van der Waals surface area contributed by atoms with Gasteiger partial charge in [0.2, 0.25) is 0 Å². The Labute approximate surface area is 47.7 Å². The molecule has 0 radical (unpaired) electrons. The van der Waals surface area contributed by atoms with E-state index in [1.807, 2.05) is 0 Å². The van der Waals surface area contributed by atoms with Gasteiger partial charge in [0, 0.05) is 0 Å². The summed E-state index contributed by atoms with van der Waals surface area (Å²) in [6.45, 7) is 0. The first kappa shape index (κ1) is 5.72. The molecular formula is C5H9NO2. The number of nitrogens with one attached hydrogen (secondary N) is 1. The molecule has 1 saturated heterocycles. The van der Waals surface area contributed by atoms with Gasteiger partial charge in [-0.1, -0.05) is 0 Å². The van der Waals surface area contributed by atoms with Gasteiger partial charge in [-0.15, -0.1) is 0 Å². The first-order valence-corrected chi connectivity index (χ1v) is 2.72. The molecule has 3 nitrogen and oxygen atoms in total. The van der Waals surface area contributed by atoms with Crippen LogP contribution < -0.4 is 5.32 Å². The van der Waals surface area contributed by atoms with Crippen LogP contribution in [0.25, 0.3) is 0 Å². The first-order valence-electron chi connectivity index (χ1n) is 2.72. The van der Waals surface area contributed by atoms with Crippen molar-refractivity contribution in [1.82, 2.24) is 5.32 Å². The molecule has 0 saturated carbocycles. The molecule has 1 aliphatic heterocycles. The Hall–Kier alpha value is -0.410. The number of rotatable bonds is 1. The quantitative estimate of drug-likeness (QED) is 0.442. The molecule has 1 fully saturated rings. The summed E-state index contributed by atoms with van der Waals surface area (Å²) in [5.41, 5.74) is 0. The molecule has 0 bridgehead atoms. The molecule has 46 valence electrons. The standard InChI is InChI=1S/C5H9NO2/c7-3-4-1-2-5(8)6-4/h3-6,8H,1-2H2/t4-,5?/m1/s1. The molecule has 0 aromatic carbocycles. The van der Waals surface area contributed by atoms with Crippen molar-refractivity contribution in [3.05, 3.63) is 0 Å². The maximum absolute atomic E-state index is 9.98. The van der Waals surface area contributed by atoms with Crippen LogP contribution in [0.3, 0.4) is 0 Å². The number of hydrogen-bond acceptors (Lipinski definition) is 3. The summed E-state index contributed by atoms with van der Waals surface area (Å²) in [5.74, 6) is 0. The lowest BCUT2D eigenvalue weighted by atomic mass is 10.2. The Morgan fingerprint density at radius 3 is 2.62 bits per heavy atom. The third-order valence-corrected chi connectivity index (χ3v) is 1.32. The number of hydrogen-bond donors (Lipinski definition) is 2. The van der Waals surface area contributed by atoms with E-state index in [-0.39, 0.29) is 6.04 Å². The average molecular weight is 115 g/mol. The van der Waals surface area contributed by atoms with Crippen molar-refractivity contribution in [2.75, 3.05) is 0 Å². The predicted molar refractivity (Wildman–Crippen MR) is 28.2 cm³/mol. The van der Waals surface area contributed by atoms with Crippen molar-refractivity contribution in [3.8, 4) is 0 Å². The maximum Gasteiger partial charge on any atom is 0.136 e. The van der Waals surface area contributed by atoms with Crippen molar-refractivity contribution < 1.29 is 9.90 Å². The number of aliphatic hydroxyl groups excluding tert-OH is 1. The molecule has 1 heterocycles. The van der Waals surface area contributed by atoms with E-state index in [1.54, 1.807) is 0 Å². The van der Waals surface area contributed by atoms with Crippen LogP contribution in [0.5, 0.6) is 0 Å². The van der Waals surface area contributed by atoms with Crippen LogP contribution >= 0.6 is 0 Å². The van der Waals surface area contributed by atoms with E-state index in [0.717, 1.165) is 12.7 Å². The van der Waals surface area contributed by atoms with Gasteiger partial charge in [0.25, 0.3) is 0 Å². The molecule has 0 aromatic rings. The molecule has 0 spiro atoms. The van der Waals surface area contributed by atoms with Crippen molar-refractivity contribution in [2.24, 2.45) is 0 Å². The van der Waals surface area contributed by atoms with Gasteiger partial charge in [0.1, 0.15) is 12.5 Å². The number of aliphatic hydroxyl groups is 1. The lowest BCUT2D eigenvalue weighted by Crippen LogP contribution is -2.29. The van der Waals surface area contributed by atoms with E-state index in [2.05, 4.69) is 5.32 Å². The van der Waals surface area contributed by atoms with Crippen molar-refractivity contribution in [2.45, 2.75) is 25.1 Å². The van der Waals surface area contributed by atoms with Crippen LogP contribution in [0.1, 0.15) is 12.8 Å². The van der Waals surface area contributed by atoms with Gasteiger partial charge in [-0.2, -0.15) is 0 Å². The minimum absolute atomic E-state index is 0.106. The van der Waals surface area contributed by atoms with Crippen LogP contribution in [0, 0.1) is 0 Å². The second-order valence-electron chi connectivity index (χ2n) is 2.00. The molecule has 1 aliphatic rings. The fraction of sp³-hybridized carbons (Fsp3) is 0.800. The highest BCUT2D eigenvalue weighted by atomic mass is 16.3.